The van der Waals surface area contributed by atoms with Gasteiger partial charge in [0.15, 0.2) is 0 Å². The van der Waals surface area contributed by atoms with Gasteiger partial charge in [-0.15, -0.1) is 0 Å². The minimum absolute atomic E-state index is 0.102. The molecule has 0 unspecified atom stereocenters. The molecule has 0 radical (unpaired) electrons. The van der Waals surface area contributed by atoms with Crippen LogP contribution in [-0.4, -0.2) is 56.8 Å². The Morgan fingerprint density at radius 2 is 1.11 bits per heavy atom. The number of carboxylic acid groups (broad SMARTS) is 2. The lowest BCUT2D eigenvalue weighted by molar-refractivity contribution is -0.138. The Labute approximate surface area is 361 Å². The molecule has 7 aromatic rings. The molecule has 63 heavy (non-hydrogen) atoms. The first-order valence-electron chi connectivity index (χ1n) is 19.4. The van der Waals surface area contributed by atoms with Gasteiger partial charge < -0.3 is 39.5 Å². The predicted molar refractivity (Wildman–Crippen MR) is 240 cm³/mol. The lowest BCUT2D eigenvalue weighted by Crippen LogP contribution is -2.14. The van der Waals surface area contributed by atoms with Crippen molar-refractivity contribution >= 4 is 69.1 Å². The Bertz CT molecular complexity index is 2990. The molecule has 0 saturated heterocycles. The number of nitrogens with zero attached hydrogens (tertiary/aromatic N) is 4. The van der Waals surface area contributed by atoms with Crippen molar-refractivity contribution in [3.63, 3.8) is 0 Å². The molecule has 14 heteroatoms. The maximum atomic E-state index is 13.0. The number of hydrogen-bond acceptors (Lipinski definition) is 8. The van der Waals surface area contributed by atoms with E-state index in [-0.39, 0.29) is 24.2 Å². The second-order valence-electron chi connectivity index (χ2n) is 13.7. The molecular formula is C49H40N6O8. The Hall–Kier alpha value is -8.88. The summed E-state index contributed by atoms with van der Waals surface area (Å²) in [5.74, 6) is -2.16. The van der Waals surface area contributed by atoms with E-state index >= 15 is 0 Å². The Morgan fingerprint density at radius 3 is 1.62 bits per heavy atom. The topological polar surface area (TPSA) is 209 Å². The van der Waals surface area contributed by atoms with Gasteiger partial charge in [0.2, 0.25) is 0 Å². The molecular weight excluding hydrogens is 801 g/mol. The predicted octanol–water partition coefficient (Wildman–Crippen LogP) is 8.62. The number of hydrogen-bond donors (Lipinski definition) is 4. The van der Waals surface area contributed by atoms with Gasteiger partial charge in [-0.05, 0) is 66.6 Å². The zero-order valence-corrected chi connectivity index (χ0v) is 34.1. The molecule has 0 atom stereocenters. The molecule has 0 aliphatic heterocycles. The van der Waals surface area contributed by atoms with Crippen molar-refractivity contribution in [2.45, 2.75) is 20.0 Å². The highest BCUT2D eigenvalue weighted by Gasteiger charge is 2.18. The minimum Gasteiger partial charge on any atom is -0.495 e. The van der Waals surface area contributed by atoms with Gasteiger partial charge in [0.1, 0.15) is 47.9 Å². The zero-order valence-electron chi connectivity index (χ0n) is 34.1. The van der Waals surface area contributed by atoms with E-state index in [1.54, 1.807) is 82.2 Å². The van der Waals surface area contributed by atoms with Gasteiger partial charge in [0.05, 0.1) is 25.1 Å². The molecule has 4 N–H and O–H groups in total. The molecule has 0 fully saturated rings. The molecule has 0 saturated carbocycles. The van der Waals surface area contributed by atoms with Crippen molar-refractivity contribution < 1.29 is 38.9 Å². The molecule has 2 amide bonds. The third-order valence-electron chi connectivity index (χ3n) is 9.57. The van der Waals surface area contributed by atoms with E-state index in [1.807, 2.05) is 79.7 Å². The van der Waals surface area contributed by atoms with Gasteiger partial charge in [-0.3, -0.25) is 19.2 Å². The van der Waals surface area contributed by atoms with Crippen molar-refractivity contribution in [2.24, 2.45) is 0 Å². The maximum Gasteiger partial charge on any atom is 0.323 e. The summed E-state index contributed by atoms with van der Waals surface area (Å²) in [4.78, 5) is 48.1. The number of carboxylic acids is 2. The molecule has 2 heterocycles. The van der Waals surface area contributed by atoms with Crippen LogP contribution in [0.1, 0.15) is 18.1 Å². The number of ether oxygens (including phenoxy) is 2. The van der Waals surface area contributed by atoms with E-state index in [0.717, 1.165) is 21.9 Å². The fourth-order valence-electron chi connectivity index (χ4n) is 6.79. The second-order valence-corrected chi connectivity index (χ2v) is 13.7. The summed E-state index contributed by atoms with van der Waals surface area (Å²) in [7, 11) is 1.51. The summed E-state index contributed by atoms with van der Waals surface area (Å²) in [5.41, 5.74) is 5.11. The molecule has 0 spiro atoms. The quantitative estimate of drug-likeness (QED) is 0.0605. The van der Waals surface area contributed by atoms with Crippen molar-refractivity contribution in [3.05, 3.63) is 156 Å². The first-order chi connectivity index (χ1) is 30.5. The minimum atomic E-state index is -0.986. The second kappa shape index (κ2) is 20.4. The summed E-state index contributed by atoms with van der Waals surface area (Å²) in [6.45, 7) is 1.83. The van der Waals surface area contributed by atoms with Crippen molar-refractivity contribution in [3.8, 4) is 34.8 Å². The fourth-order valence-corrected chi connectivity index (χ4v) is 6.79. The number of aliphatic carboxylic acids is 2. The average molecular weight is 841 g/mol. The molecule has 314 valence electrons. The highest BCUT2D eigenvalue weighted by Crippen LogP contribution is 2.32. The summed E-state index contributed by atoms with van der Waals surface area (Å²) in [5, 5.41) is 44.5. The summed E-state index contributed by atoms with van der Waals surface area (Å²) < 4.78 is 14.0. The first-order valence-corrected chi connectivity index (χ1v) is 19.4. The largest absolute Gasteiger partial charge is 0.495 e. The number of benzene rings is 5. The molecule has 0 aliphatic rings. The van der Waals surface area contributed by atoms with Crippen molar-refractivity contribution in [1.82, 2.24) is 9.13 Å². The number of carbonyl (C=O) groups excluding carboxylic acids is 2. The number of carbonyl (C=O) groups is 4. The fraction of sp³-hybridized carbons (Fsp3) is 0.102. The number of aromatic nitrogens is 2. The van der Waals surface area contributed by atoms with Crippen LogP contribution in [0.15, 0.2) is 145 Å². The van der Waals surface area contributed by atoms with Crippen LogP contribution in [0.2, 0.25) is 0 Å². The number of anilines is 2. The summed E-state index contributed by atoms with van der Waals surface area (Å²) in [6, 6.07) is 40.4. The van der Waals surface area contributed by atoms with Crippen molar-refractivity contribution in [1.29, 1.82) is 10.5 Å². The van der Waals surface area contributed by atoms with E-state index in [0.29, 0.717) is 51.6 Å². The lowest BCUT2D eigenvalue weighted by Gasteiger charge is -2.12. The number of rotatable bonds is 14. The highest BCUT2D eigenvalue weighted by molar-refractivity contribution is 6.12. The SMILES string of the molecule is CCOc1ccccc1NC(=O)/C(C#N)=C/c1cn(CC(=O)O)c2ccccc12.COc1ccc(-c2ccccc2)cc1NC(=O)/C(C#N)=C/c1cn(CC(=O)O)c2ccccc12. The summed E-state index contributed by atoms with van der Waals surface area (Å²) in [6.07, 6.45) is 6.17. The Balaban J connectivity index is 0.000000213. The van der Waals surface area contributed by atoms with E-state index in [9.17, 15) is 34.8 Å². The zero-order chi connectivity index (χ0) is 44.9. The van der Waals surface area contributed by atoms with Crippen LogP contribution < -0.4 is 20.1 Å². The summed E-state index contributed by atoms with van der Waals surface area (Å²) >= 11 is 0. The number of nitrogens with one attached hydrogen (secondary N) is 2. The molecule has 0 bridgehead atoms. The standard InChI is InChI=1S/C27H21N3O4.C22H19N3O4/c1-34-25-12-11-19(18-7-3-2-4-8-18)14-23(25)29-27(33)20(15-28)13-21-16-30(17-26(31)32)24-10-6-5-9-22(21)24;1-2-29-20-10-6-4-8-18(20)24-22(28)15(12-23)11-16-13-25(14-21(26)27)19-9-5-3-7-17(16)19/h2-14,16H,17H2,1H3,(H,29,33)(H,31,32);3-11,13H,2,14H2,1H3,(H,24,28)(H,26,27)/b20-13+;15-11+. The smallest absolute Gasteiger partial charge is 0.323 e. The third-order valence-corrected chi connectivity index (χ3v) is 9.57. The number of methoxy groups -OCH3 is 1. The monoisotopic (exact) mass is 840 g/mol. The number of fused-ring (bicyclic) bond motifs is 2. The van der Waals surface area contributed by atoms with Gasteiger partial charge in [-0.25, -0.2) is 0 Å². The number of para-hydroxylation sites is 4. The Morgan fingerprint density at radius 1 is 0.619 bits per heavy atom. The van der Waals surface area contributed by atoms with Gasteiger partial charge >= 0.3 is 11.9 Å². The van der Waals surface area contributed by atoms with Gasteiger partial charge in [0.25, 0.3) is 11.8 Å². The normalized spacial score (nSPS) is 11.1. The van der Waals surface area contributed by atoms with Crippen molar-refractivity contribution in [2.75, 3.05) is 24.4 Å². The van der Waals surface area contributed by atoms with E-state index in [2.05, 4.69) is 10.6 Å². The van der Waals surface area contributed by atoms with Gasteiger partial charge in [-0.1, -0.05) is 84.9 Å². The highest BCUT2D eigenvalue weighted by atomic mass is 16.5. The maximum absolute atomic E-state index is 13.0. The van der Waals surface area contributed by atoms with E-state index < -0.39 is 23.8 Å². The Kier molecular flexibility index (Phi) is 14.1. The molecule has 14 nitrogen and oxygen atoms in total. The number of nitriles is 2. The van der Waals surface area contributed by atoms with E-state index in [4.69, 9.17) is 14.6 Å². The van der Waals surface area contributed by atoms with Crippen LogP contribution in [0.25, 0.3) is 45.1 Å². The molecule has 2 aromatic heterocycles. The lowest BCUT2D eigenvalue weighted by atomic mass is 10.0. The van der Waals surface area contributed by atoms with Crippen LogP contribution in [0, 0.1) is 22.7 Å². The van der Waals surface area contributed by atoms with Crippen LogP contribution >= 0.6 is 0 Å². The van der Waals surface area contributed by atoms with Crippen LogP contribution in [0.4, 0.5) is 11.4 Å². The first kappa shape index (κ1) is 43.7. The van der Waals surface area contributed by atoms with Crippen LogP contribution in [0.5, 0.6) is 11.5 Å². The van der Waals surface area contributed by atoms with Gasteiger partial charge in [0, 0.05) is 45.3 Å². The average Bonchev–Trinajstić information content (AvgIpc) is 3.81. The molecule has 0 aliphatic carbocycles. The third kappa shape index (κ3) is 10.7. The van der Waals surface area contributed by atoms with Crippen LogP contribution in [0.3, 0.4) is 0 Å². The van der Waals surface area contributed by atoms with Gasteiger partial charge in [-0.2, -0.15) is 10.5 Å². The van der Waals surface area contributed by atoms with E-state index in [1.165, 1.54) is 19.3 Å². The molecule has 5 aromatic carbocycles. The number of amides is 2. The molecule has 7 rings (SSSR count). The van der Waals surface area contributed by atoms with Crippen LogP contribution in [-0.2, 0) is 32.3 Å².